The highest BCUT2D eigenvalue weighted by atomic mass is 32.1. The molecule has 5 heteroatoms. The Labute approximate surface area is 129 Å². The van der Waals surface area contributed by atoms with Crippen molar-refractivity contribution in [2.75, 3.05) is 0 Å². The third-order valence-corrected chi connectivity index (χ3v) is 5.37. The molecule has 2 heterocycles. The Balaban J connectivity index is 2.47. The van der Waals surface area contributed by atoms with E-state index in [4.69, 9.17) is 0 Å². The second kappa shape index (κ2) is 6.60. The van der Waals surface area contributed by atoms with Crippen LogP contribution in [0.4, 0.5) is 0 Å². The molecule has 0 bridgehead atoms. The van der Waals surface area contributed by atoms with Crippen LogP contribution >= 0.6 is 11.3 Å². The first-order chi connectivity index (χ1) is 9.95. The van der Waals surface area contributed by atoms with Gasteiger partial charge in [-0.3, -0.25) is 9.59 Å². The molecule has 2 rings (SSSR count). The van der Waals surface area contributed by atoms with Crippen LogP contribution in [0, 0.1) is 5.92 Å². The molecule has 0 aromatic carbocycles. The summed E-state index contributed by atoms with van der Waals surface area (Å²) >= 11 is 1.64. The minimum Gasteiger partial charge on any atom is -0.481 e. The van der Waals surface area contributed by atoms with Crippen molar-refractivity contribution in [2.45, 2.75) is 58.5 Å². The summed E-state index contributed by atoms with van der Waals surface area (Å²) < 4.78 is 0. The number of carbonyl (C=O) groups excluding carboxylic acids is 1. The van der Waals surface area contributed by atoms with E-state index >= 15 is 0 Å². The lowest BCUT2D eigenvalue weighted by molar-refractivity contribution is -0.146. The van der Waals surface area contributed by atoms with E-state index in [2.05, 4.69) is 6.92 Å². The molecular formula is C16H23NO3S. The molecule has 2 atom stereocenters. The molecule has 116 valence electrons. The first kappa shape index (κ1) is 16.0. The van der Waals surface area contributed by atoms with Crippen LogP contribution in [0.25, 0.3) is 0 Å². The molecule has 0 aliphatic carbocycles. The Morgan fingerprint density at radius 1 is 1.48 bits per heavy atom. The molecule has 1 aromatic heterocycles. The molecule has 1 saturated heterocycles. The second-order valence-corrected chi connectivity index (χ2v) is 7.03. The molecule has 0 saturated carbocycles. The molecule has 0 radical (unpaired) electrons. The van der Waals surface area contributed by atoms with E-state index in [0.717, 1.165) is 11.3 Å². The molecular weight excluding hydrogens is 286 g/mol. The van der Waals surface area contributed by atoms with E-state index in [9.17, 15) is 14.7 Å². The minimum atomic E-state index is -0.799. The van der Waals surface area contributed by atoms with Gasteiger partial charge in [0.2, 0.25) is 5.91 Å². The van der Waals surface area contributed by atoms with Gasteiger partial charge in [-0.15, -0.1) is 11.3 Å². The largest absolute Gasteiger partial charge is 0.481 e. The molecule has 1 aliphatic rings. The average molecular weight is 309 g/mol. The van der Waals surface area contributed by atoms with Crippen molar-refractivity contribution in [3.8, 4) is 0 Å². The van der Waals surface area contributed by atoms with Crippen LogP contribution in [0.5, 0.6) is 0 Å². The van der Waals surface area contributed by atoms with Gasteiger partial charge in [-0.2, -0.15) is 0 Å². The number of likely N-dealkylation sites (tertiary alicyclic amines) is 1. The van der Waals surface area contributed by atoms with Crippen molar-refractivity contribution in [2.24, 2.45) is 5.92 Å². The summed E-state index contributed by atoms with van der Waals surface area (Å²) in [5.41, 5.74) is 0. The standard InChI is InChI=1S/C16H23NO3S/c1-4-11-8-9-13(21-11)15-12(16(19)20)6-5-7-14(18)17(15)10(2)3/h8-10,12,15H,4-7H2,1-3H3,(H,19,20). The van der Waals surface area contributed by atoms with Crippen LogP contribution in [0.15, 0.2) is 12.1 Å². The lowest BCUT2D eigenvalue weighted by Gasteiger charge is -2.36. The van der Waals surface area contributed by atoms with Gasteiger partial charge in [0.05, 0.1) is 12.0 Å². The summed E-state index contributed by atoms with van der Waals surface area (Å²) in [5.74, 6) is -1.24. The smallest absolute Gasteiger partial charge is 0.308 e. The van der Waals surface area contributed by atoms with E-state index < -0.39 is 11.9 Å². The molecule has 21 heavy (non-hydrogen) atoms. The van der Waals surface area contributed by atoms with Crippen LogP contribution in [0.2, 0.25) is 0 Å². The summed E-state index contributed by atoms with van der Waals surface area (Å²) in [6.45, 7) is 6.01. The Bertz CT molecular complexity index is 523. The van der Waals surface area contributed by atoms with Gasteiger partial charge in [-0.05, 0) is 45.2 Å². The number of hydrogen-bond acceptors (Lipinski definition) is 3. The monoisotopic (exact) mass is 309 g/mol. The van der Waals surface area contributed by atoms with Gasteiger partial charge in [0.25, 0.3) is 0 Å². The van der Waals surface area contributed by atoms with Crippen LogP contribution in [-0.2, 0) is 16.0 Å². The number of thiophene rings is 1. The highest BCUT2D eigenvalue weighted by Gasteiger charge is 2.40. The van der Waals surface area contributed by atoms with E-state index in [1.54, 1.807) is 16.2 Å². The van der Waals surface area contributed by atoms with Gasteiger partial charge in [-0.1, -0.05) is 6.92 Å². The molecule has 1 N–H and O–H groups in total. The molecule has 1 amide bonds. The highest BCUT2D eigenvalue weighted by molar-refractivity contribution is 7.12. The Hall–Kier alpha value is -1.36. The summed E-state index contributed by atoms with van der Waals surface area (Å²) in [5, 5.41) is 9.61. The predicted octanol–water partition coefficient (Wildman–Crippen LogP) is 3.47. The lowest BCUT2D eigenvalue weighted by atomic mass is 9.93. The maximum absolute atomic E-state index is 12.4. The van der Waals surface area contributed by atoms with Gasteiger partial charge in [0.1, 0.15) is 0 Å². The highest BCUT2D eigenvalue weighted by Crippen LogP contribution is 2.40. The predicted molar refractivity (Wildman–Crippen MR) is 83.4 cm³/mol. The second-order valence-electron chi connectivity index (χ2n) is 5.83. The van der Waals surface area contributed by atoms with Crippen LogP contribution in [0.1, 0.15) is 55.8 Å². The number of aryl methyl sites for hydroxylation is 1. The van der Waals surface area contributed by atoms with Crippen LogP contribution in [0.3, 0.4) is 0 Å². The average Bonchev–Trinajstić information content (AvgIpc) is 2.81. The zero-order valence-corrected chi connectivity index (χ0v) is 13.7. The number of aliphatic carboxylic acids is 1. The van der Waals surface area contributed by atoms with Crippen molar-refractivity contribution in [3.05, 3.63) is 21.9 Å². The molecule has 1 fully saturated rings. The van der Waals surface area contributed by atoms with Gasteiger partial charge >= 0.3 is 5.97 Å². The van der Waals surface area contributed by atoms with Crippen LogP contribution < -0.4 is 0 Å². The van der Waals surface area contributed by atoms with Crippen molar-refractivity contribution < 1.29 is 14.7 Å². The quantitative estimate of drug-likeness (QED) is 0.926. The minimum absolute atomic E-state index is 0.00891. The van der Waals surface area contributed by atoms with Gasteiger partial charge in [0.15, 0.2) is 0 Å². The Morgan fingerprint density at radius 3 is 2.71 bits per heavy atom. The molecule has 0 spiro atoms. The number of carbonyl (C=O) groups is 2. The number of amides is 1. The maximum Gasteiger partial charge on any atom is 0.308 e. The zero-order valence-electron chi connectivity index (χ0n) is 12.8. The maximum atomic E-state index is 12.4. The normalized spacial score (nSPS) is 23.4. The number of nitrogens with zero attached hydrogens (tertiary/aromatic N) is 1. The zero-order chi connectivity index (χ0) is 15.6. The first-order valence-electron chi connectivity index (χ1n) is 7.58. The summed E-state index contributed by atoms with van der Waals surface area (Å²) in [7, 11) is 0. The van der Waals surface area contributed by atoms with Gasteiger partial charge < -0.3 is 10.0 Å². The topological polar surface area (TPSA) is 57.6 Å². The number of carboxylic acids is 1. The third kappa shape index (κ3) is 3.28. The molecule has 2 unspecified atom stereocenters. The van der Waals surface area contributed by atoms with E-state index in [0.29, 0.717) is 19.3 Å². The summed E-state index contributed by atoms with van der Waals surface area (Å²) in [4.78, 5) is 28.2. The van der Waals surface area contributed by atoms with E-state index in [-0.39, 0.29) is 18.0 Å². The SMILES string of the molecule is CCc1ccc(C2C(C(=O)O)CCCC(=O)N2C(C)C)s1. The van der Waals surface area contributed by atoms with Crippen molar-refractivity contribution in [3.63, 3.8) is 0 Å². The van der Waals surface area contributed by atoms with Gasteiger partial charge in [0, 0.05) is 22.2 Å². The molecule has 1 aromatic rings. The Morgan fingerprint density at radius 2 is 2.19 bits per heavy atom. The van der Waals surface area contributed by atoms with Crippen molar-refractivity contribution >= 4 is 23.2 Å². The number of hydrogen-bond donors (Lipinski definition) is 1. The van der Waals surface area contributed by atoms with Crippen LogP contribution in [-0.4, -0.2) is 27.9 Å². The van der Waals surface area contributed by atoms with E-state index in [1.165, 1.54) is 4.88 Å². The van der Waals surface area contributed by atoms with Crippen molar-refractivity contribution in [1.29, 1.82) is 0 Å². The first-order valence-corrected chi connectivity index (χ1v) is 8.40. The van der Waals surface area contributed by atoms with E-state index in [1.807, 2.05) is 26.0 Å². The van der Waals surface area contributed by atoms with Gasteiger partial charge in [-0.25, -0.2) is 0 Å². The summed E-state index contributed by atoms with van der Waals surface area (Å²) in [6.07, 6.45) is 2.60. The number of rotatable bonds is 4. The number of carboxylic acid groups (broad SMARTS) is 1. The fraction of sp³-hybridized carbons (Fsp3) is 0.625. The lowest BCUT2D eigenvalue weighted by Crippen LogP contribution is -2.42. The Kier molecular flexibility index (Phi) is 5.04. The molecule has 1 aliphatic heterocycles. The summed E-state index contributed by atoms with van der Waals surface area (Å²) in [6, 6.07) is 3.72. The van der Waals surface area contributed by atoms with Crippen molar-refractivity contribution in [1.82, 2.24) is 4.90 Å². The fourth-order valence-corrected chi connectivity index (χ4v) is 4.17. The third-order valence-electron chi connectivity index (χ3n) is 4.07. The molecule has 4 nitrogen and oxygen atoms in total. The fourth-order valence-electron chi connectivity index (χ4n) is 3.06.